The van der Waals surface area contributed by atoms with Gasteiger partial charge in [-0.05, 0) is 32.6 Å². The van der Waals surface area contributed by atoms with Crippen LogP contribution in [0, 0.1) is 18.3 Å². The highest BCUT2D eigenvalue weighted by atomic mass is 15.3. The number of nitrogens with zero attached hydrogens (tertiary/aromatic N) is 6. The van der Waals surface area contributed by atoms with Crippen LogP contribution >= 0.6 is 0 Å². The van der Waals surface area contributed by atoms with Crippen LogP contribution in [0.25, 0.3) is 0 Å². The predicted molar refractivity (Wildman–Crippen MR) is 113 cm³/mol. The number of aryl methyl sites for hydroxylation is 1. The summed E-state index contributed by atoms with van der Waals surface area (Å²) in [5.74, 6) is 2.93. The Morgan fingerprint density at radius 1 is 1.21 bits per heavy atom. The lowest BCUT2D eigenvalue weighted by atomic mass is 9.97. The molecule has 29 heavy (non-hydrogen) atoms. The van der Waals surface area contributed by atoms with Crippen LogP contribution in [-0.4, -0.2) is 63.8 Å². The molecule has 4 heterocycles. The van der Waals surface area contributed by atoms with E-state index in [-0.39, 0.29) is 0 Å². The molecule has 0 saturated carbocycles. The lowest BCUT2D eigenvalue weighted by Crippen LogP contribution is -2.47. The Morgan fingerprint density at radius 3 is 2.59 bits per heavy atom. The number of fused-ring (bicyclic) bond motifs is 2. The van der Waals surface area contributed by atoms with Crippen molar-refractivity contribution in [1.29, 1.82) is 5.26 Å². The van der Waals surface area contributed by atoms with Crippen molar-refractivity contribution in [2.24, 2.45) is 0 Å². The van der Waals surface area contributed by atoms with Crippen LogP contribution in [0.15, 0.2) is 12.1 Å². The van der Waals surface area contributed by atoms with Crippen molar-refractivity contribution in [3.8, 4) is 6.07 Å². The molecule has 2 saturated heterocycles. The van der Waals surface area contributed by atoms with Crippen LogP contribution in [-0.2, 0) is 0 Å². The molecule has 2 aliphatic rings. The lowest BCUT2D eigenvalue weighted by Gasteiger charge is -2.38. The van der Waals surface area contributed by atoms with Crippen LogP contribution in [0.5, 0.6) is 0 Å². The van der Waals surface area contributed by atoms with E-state index in [1.807, 2.05) is 38.1 Å². The SMILES string of the molecule is Cc1cc(Nc2cc(N(C)C)nc(NC3C[C@H]4CC[C@@H](C3)N4CCC#N)n2)n[nH]1. The molecule has 9 heteroatoms. The van der Waals surface area contributed by atoms with E-state index in [1.165, 1.54) is 12.8 Å². The van der Waals surface area contributed by atoms with Gasteiger partial charge in [0.15, 0.2) is 5.82 Å². The number of rotatable bonds is 7. The summed E-state index contributed by atoms with van der Waals surface area (Å²) in [6.45, 7) is 2.86. The topological polar surface area (TPSA) is 109 Å². The second-order valence-corrected chi connectivity index (χ2v) is 8.23. The molecule has 0 aliphatic carbocycles. The second kappa shape index (κ2) is 8.25. The van der Waals surface area contributed by atoms with Gasteiger partial charge >= 0.3 is 0 Å². The quantitative estimate of drug-likeness (QED) is 0.656. The number of nitrogens with one attached hydrogen (secondary N) is 3. The minimum Gasteiger partial charge on any atom is -0.363 e. The first-order chi connectivity index (χ1) is 14.0. The van der Waals surface area contributed by atoms with Crippen molar-refractivity contribution in [3.63, 3.8) is 0 Å². The average molecular weight is 396 g/mol. The second-order valence-electron chi connectivity index (χ2n) is 8.23. The van der Waals surface area contributed by atoms with Gasteiger partial charge in [0.05, 0.1) is 6.07 Å². The maximum atomic E-state index is 8.92. The molecule has 2 aliphatic heterocycles. The summed E-state index contributed by atoms with van der Waals surface area (Å²) < 4.78 is 0. The minimum absolute atomic E-state index is 0.351. The third-order valence-corrected chi connectivity index (χ3v) is 5.83. The Kier molecular flexibility index (Phi) is 5.53. The summed E-state index contributed by atoms with van der Waals surface area (Å²) in [5.41, 5.74) is 0.992. The van der Waals surface area contributed by atoms with E-state index in [1.54, 1.807) is 0 Å². The number of hydrogen-bond acceptors (Lipinski definition) is 8. The summed E-state index contributed by atoms with van der Waals surface area (Å²) in [5, 5.41) is 22.9. The zero-order valence-corrected chi connectivity index (χ0v) is 17.3. The molecule has 2 bridgehead atoms. The molecule has 2 aromatic heterocycles. The number of piperidine rings is 1. The Hall–Kier alpha value is -2.86. The van der Waals surface area contributed by atoms with Crippen molar-refractivity contribution in [1.82, 2.24) is 25.1 Å². The van der Waals surface area contributed by atoms with Crippen molar-refractivity contribution >= 4 is 23.4 Å². The standard InChI is InChI=1S/C20H29N9/c1-13-9-18(27-26-13)23-17-12-19(28(2)3)25-20(24-17)22-14-10-15-5-6-16(11-14)29(15)8-4-7-21/h9,12,14-16H,4-6,8,10-11H2,1-3H3,(H3,22,23,24,25,26,27)/t14?,15-,16+. The average Bonchev–Trinajstić information content (AvgIpc) is 3.19. The number of anilines is 4. The van der Waals surface area contributed by atoms with Crippen molar-refractivity contribution < 1.29 is 0 Å². The summed E-state index contributed by atoms with van der Waals surface area (Å²) in [6, 6.07) is 7.61. The Morgan fingerprint density at radius 2 is 1.97 bits per heavy atom. The van der Waals surface area contributed by atoms with E-state index >= 15 is 0 Å². The van der Waals surface area contributed by atoms with Gasteiger partial charge in [-0.1, -0.05) is 0 Å². The number of aromatic amines is 1. The maximum Gasteiger partial charge on any atom is 0.226 e. The Balaban J connectivity index is 1.48. The van der Waals surface area contributed by atoms with Crippen LogP contribution in [0.1, 0.15) is 37.8 Å². The fourth-order valence-corrected chi connectivity index (χ4v) is 4.52. The zero-order chi connectivity index (χ0) is 20.4. The number of H-pyrrole nitrogens is 1. The molecular formula is C20H29N9. The smallest absolute Gasteiger partial charge is 0.226 e. The summed E-state index contributed by atoms with van der Waals surface area (Å²) in [4.78, 5) is 13.9. The van der Waals surface area contributed by atoms with E-state index in [0.29, 0.717) is 36.3 Å². The molecule has 9 nitrogen and oxygen atoms in total. The van der Waals surface area contributed by atoms with Gasteiger partial charge in [-0.2, -0.15) is 20.3 Å². The summed E-state index contributed by atoms with van der Waals surface area (Å²) in [6.07, 6.45) is 5.19. The first-order valence-electron chi connectivity index (χ1n) is 10.3. The van der Waals surface area contributed by atoms with Crippen LogP contribution in [0.2, 0.25) is 0 Å². The number of hydrogen-bond donors (Lipinski definition) is 3. The molecule has 154 valence electrons. The highest BCUT2D eigenvalue weighted by Gasteiger charge is 2.40. The number of nitriles is 1. The maximum absolute atomic E-state index is 8.92. The first-order valence-corrected chi connectivity index (χ1v) is 10.3. The molecule has 2 aromatic rings. The van der Waals surface area contributed by atoms with Crippen molar-refractivity contribution in [2.45, 2.75) is 57.2 Å². The van der Waals surface area contributed by atoms with Gasteiger partial charge in [0.2, 0.25) is 5.95 Å². The molecule has 3 atom stereocenters. The van der Waals surface area contributed by atoms with Gasteiger partial charge in [0.25, 0.3) is 0 Å². The van der Waals surface area contributed by atoms with Gasteiger partial charge in [-0.15, -0.1) is 0 Å². The molecular weight excluding hydrogens is 366 g/mol. The van der Waals surface area contributed by atoms with E-state index in [9.17, 15) is 0 Å². The third kappa shape index (κ3) is 4.43. The third-order valence-electron chi connectivity index (χ3n) is 5.83. The van der Waals surface area contributed by atoms with Gasteiger partial charge in [-0.25, -0.2) is 0 Å². The highest BCUT2D eigenvalue weighted by molar-refractivity contribution is 5.59. The molecule has 3 N–H and O–H groups in total. The van der Waals surface area contributed by atoms with E-state index in [2.05, 4.69) is 36.8 Å². The molecule has 0 radical (unpaired) electrons. The van der Waals surface area contributed by atoms with Crippen LogP contribution < -0.4 is 15.5 Å². The first kappa shape index (κ1) is 19.5. The van der Waals surface area contributed by atoms with Gasteiger partial charge in [0.1, 0.15) is 11.6 Å². The normalized spacial score (nSPS) is 23.6. The van der Waals surface area contributed by atoms with E-state index in [0.717, 1.165) is 36.7 Å². The van der Waals surface area contributed by atoms with Crippen LogP contribution in [0.4, 0.5) is 23.4 Å². The molecule has 0 aromatic carbocycles. The fraction of sp³-hybridized carbons (Fsp3) is 0.600. The molecule has 1 unspecified atom stereocenters. The van der Waals surface area contributed by atoms with E-state index in [4.69, 9.17) is 10.2 Å². The molecule has 0 amide bonds. The van der Waals surface area contributed by atoms with E-state index < -0.39 is 0 Å². The Bertz CT molecular complexity index is 870. The lowest BCUT2D eigenvalue weighted by molar-refractivity contribution is 0.135. The molecule has 4 rings (SSSR count). The fourth-order valence-electron chi connectivity index (χ4n) is 4.52. The largest absolute Gasteiger partial charge is 0.363 e. The monoisotopic (exact) mass is 395 g/mol. The molecule has 0 spiro atoms. The zero-order valence-electron chi connectivity index (χ0n) is 17.3. The van der Waals surface area contributed by atoms with Gasteiger partial charge < -0.3 is 15.5 Å². The molecule has 2 fully saturated rings. The highest BCUT2D eigenvalue weighted by Crippen LogP contribution is 2.36. The van der Waals surface area contributed by atoms with Gasteiger partial charge in [0, 0.05) is 63.0 Å². The summed E-state index contributed by atoms with van der Waals surface area (Å²) in [7, 11) is 3.95. The van der Waals surface area contributed by atoms with Crippen molar-refractivity contribution in [3.05, 3.63) is 17.8 Å². The predicted octanol–water partition coefficient (Wildman–Crippen LogP) is 2.64. The summed E-state index contributed by atoms with van der Waals surface area (Å²) >= 11 is 0. The Labute approximate surface area is 171 Å². The van der Waals surface area contributed by atoms with Crippen molar-refractivity contribution in [2.75, 3.05) is 36.2 Å². The minimum atomic E-state index is 0.351. The number of aromatic nitrogens is 4. The van der Waals surface area contributed by atoms with Gasteiger partial charge in [-0.3, -0.25) is 10.00 Å². The van der Waals surface area contributed by atoms with Crippen LogP contribution in [0.3, 0.4) is 0 Å².